The number of aliphatic hydroxyl groups excluding tert-OH is 1. The Balaban J connectivity index is 2.29. The van der Waals surface area contributed by atoms with E-state index in [0.717, 1.165) is 23.3 Å². The van der Waals surface area contributed by atoms with Gasteiger partial charge in [-0.25, -0.2) is 9.97 Å². The predicted octanol–water partition coefficient (Wildman–Crippen LogP) is 1.53. The van der Waals surface area contributed by atoms with Crippen molar-refractivity contribution in [2.75, 3.05) is 5.32 Å². The molecule has 2 atom stereocenters. The molecule has 0 aliphatic heterocycles. The molecule has 0 fully saturated rings. The topological polar surface area (TPSA) is 73.8 Å². The molecule has 0 aliphatic carbocycles. The third-order valence-electron chi connectivity index (χ3n) is 2.70. The molecule has 2 rings (SSSR count). The molecule has 2 aromatic heterocycles. The molecular formula is C11H16N4O. The van der Waals surface area contributed by atoms with Gasteiger partial charge in [-0.1, -0.05) is 6.92 Å². The fourth-order valence-corrected chi connectivity index (χ4v) is 1.73. The minimum absolute atomic E-state index is 0.00741. The van der Waals surface area contributed by atoms with Gasteiger partial charge in [-0.3, -0.25) is 0 Å². The third kappa shape index (κ3) is 1.99. The average Bonchev–Trinajstić information content (AvgIpc) is 2.73. The van der Waals surface area contributed by atoms with Gasteiger partial charge in [0.05, 0.1) is 17.5 Å². The summed E-state index contributed by atoms with van der Waals surface area (Å²) in [5.74, 6) is 0.763. The van der Waals surface area contributed by atoms with E-state index in [-0.39, 0.29) is 6.04 Å². The number of H-pyrrole nitrogens is 1. The maximum absolute atomic E-state index is 9.58. The van der Waals surface area contributed by atoms with Gasteiger partial charge in [-0.15, -0.1) is 0 Å². The summed E-state index contributed by atoms with van der Waals surface area (Å²) in [4.78, 5) is 11.3. The first-order valence-electron chi connectivity index (χ1n) is 5.45. The van der Waals surface area contributed by atoms with Crippen molar-refractivity contribution in [2.45, 2.75) is 32.4 Å². The molecule has 0 radical (unpaired) electrons. The molecule has 0 aliphatic rings. The highest BCUT2D eigenvalue weighted by molar-refractivity contribution is 5.86. The lowest BCUT2D eigenvalue weighted by Crippen LogP contribution is -2.31. The van der Waals surface area contributed by atoms with E-state index in [1.54, 1.807) is 6.92 Å². The molecule has 0 saturated carbocycles. The maximum Gasteiger partial charge on any atom is 0.142 e. The summed E-state index contributed by atoms with van der Waals surface area (Å²) in [5, 5.41) is 13.8. The van der Waals surface area contributed by atoms with Crippen molar-refractivity contribution in [3.63, 3.8) is 0 Å². The smallest absolute Gasteiger partial charge is 0.142 e. The van der Waals surface area contributed by atoms with Crippen LogP contribution < -0.4 is 5.32 Å². The number of fused-ring (bicyclic) bond motifs is 1. The van der Waals surface area contributed by atoms with Crippen molar-refractivity contribution in [3.8, 4) is 0 Å². The van der Waals surface area contributed by atoms with Crippen molar-refractivity contribution < 1.29 is 5.11 Å². The van der Waals surface area contributed by atoms with Crippen LogP contribution in [-0.2, 0) is 0 Å². The Morgan fingerprint density at radius 2 is 2.31 bits per heavy atom. The van der Waals surface area contributed by atoms with Crippen LogP contribution in [0.25, 0.3) is 11.0 Å². The van der Waals surface area contributed by atoms with E-state index in [4.69, 9.17) is 0 Å². The molecule has 3 N–H and O–H groups in total. The second-order valence-corrected chi connectivity index (χ2v) is 3.86. The van der Waals surface area contributed by atoms with Gasteiger partial charge < -0.3 is 15.4 Å². The first kappa shape index (κ1) is 10.9. The zero-order chi connectivity index (χ0) is 11.5. The van der Waals surface area contributed by atoms with E-state index in [1.807, 2.05) is 19.2 Å². The summed E-state index contributed by atoms with van der Waals surface area (Å²) in [6.45, 7) is 3.80. The summed E-state index contributed by atoms with van der Waals surface area (Å²) in [7, 11) is 0. The van der Waals surface area contributed by atoms with Crippen LogP contribution >= 0.6 is 0 Å². The summed E-state index contributed by atoms with van der Waals surface area (Å²) in [6, 6.07) is 1.93. The van der Waals surface area contributed by atoms with Crippen LogP contribution in [-0.4, -0.2) is 32.2 Å². The molecule has 86 valence electrons. The Morgan fingerprint density at radius 1 is 1.50 bits per heavy atom. The van der Waals surface area contributed by atoms with Gasteiger partial charge >= 0.3 is 0 Å². The normalized spacial score (nSPS) is 14.9. The highest BCUT2D eigenvalue weighted by Crippen LogP contribution is 2.19. The molecule has 5 heteroatoms. The summed E-state index contributed by atoms with van der Waals surface area (Å²) in [6.07, 6.45) is 3.77. The van der Waals surface area contributed by atoms with E-state index in [9.17, 15) is 5.11 Å². The summed E-state index contributed by atoms with van der Waals surface area (Å²) in [5.41, 5.74) is 0.804. The standard InChI is InChI=1S/C11H16N4O/c1-3-9(7(2)16)15-11-8-4-5-12-10(8)13-6-14-11/h4-7,9,16H,3H2,1-2H3,(H2,12,13,14,15)/t7-,9+/m1/s1. The van der Waals surface area contributed by atoms with Gasteiger partial charge in [-0.2, -0.15) is 0 Å². The molecule has 0 bridgehead atoms. The largest absolute Gasteiger partial charge is 0.391 e. The minimum atomic E-state index is -0.408. The maximum atomic E-state index is 9.58. The highest BCUT2D eigenvalue weighted by Gasteiger charge is 2.14. The van der Waals surface area contributed by atoms with Crippen molar-refractivity contribution in [2.24, 2.45) is 0 Å². The van der Waals surface area contributed by atoms with E-state index in [2.05, 4.69) is 20.3 Å². The van der Waals surface area contributed by atoms with Crippen LogP contribution in [0, 0.1) is 0 Å². The SMILES string of the molecule is CC[C@H](Nc1ncnc2[nH]ccc12)[C@@H](C)O. The van der Waals surface area contributed by atoms with E-state index < -0.39 is 6.10 Å². The minimum Gasteiger partial charge on any atom is -0.391 e. The van der Waals surface area contributed by atoms with E-state index in [0.29, 0.717) is 0 Å². The van der Waals surface area contributed by atoms with Crippen LogP contribution in [0.15, 0.2) is 18.6 Å². The fourth-order valence-electron chi connectivity index (χ4n) is 1.73. The van der Waals surface area contributed by atoms with Crippen LogP contribution in [0.4, 0.5) is 5.82 Å². The number of rotatable bonds is 4. The van der Waals surface area contributed by atoms with Crippen LogP contribution in [0.5, 0.6) is 0 Å². The zero-order valence-corrected chi connectivity index (χ0v) is 9.44. The van der Waals surface area contributed by atoms with Gasteiger partial charge in [0.2, 0.25) is 0 Å². The van der Waals surface area contributed by atoms with Crippen molar-refractivity contribution >= 4 is 16.9 Å². The van der Waals surface area contributed by atoms with Crippen LogP contribution in [0.2, 0.25) is 0 Å². The Bertz CT molecular complexity index is 466. The lowest BCUT2D eigenvalue weighted by atomic mass is 10.1. The van der Waals surface area contributed by atoms with Gasteiger partial charge in [0.1, 0.15) is 17.8 Å². The number of nitrogens with zero attached hydrogens (tertiary/aromatic N) is 2. The monoisotopic (exact) mass is 220 g/mol. The highest BCUT2D eigenvalue weighted by atomic mass is 16.3. The molecule has 0 saturated heterocycles. The van der Waals surface area contributed by atoms with Gasteiger partial charge in [0, 0.05) is 6.20 Å². The number of hydrogen-bond donors (Lipinski definition) is 3. The summed E-state index contributed by atoms with van der Waals surface area (Å²) < 4.78 is 0. The average molecular weight is 220 g/mol. The van der Waals surface area contributed by atoms with E-state index in [1.165, 1.54) is 6.33 Å². The lowest BCUT2D eigenvalue weighted by molar-refractivity contribution is 0.169. The lowest BCUT2D eigenvalue weighted by Gasteiger charge is -2.20. The zero-order valence-electron chi connectivity index (χ0n) is 9.44. The van der Waals surface area contributed by atoms with Crippen LogP contribution in [0.3, 0.4) is 0 Å². The number of anilines is 1. The molecule has 0 amide bonds. The molecule has 2 aromatic rings. The van der Waals surface area contributed by atoms with Crippen LogP contribution in [0.1, 0.15) is 20.3 Å². The first-order chi connectivity index (χ1) is 7.72. The molecule has 0 unspecified atom stereocenters. The van der Waals surface area contributed by atoms with Crippen molar-refractivity contribution in [3.05, 3.63) is 18.6 Å². The fraction of sp³-hybridized carbons (Fsp3) is 0.455. The Hall–Kier alpha value is -1.62. The van der Waals surface area contributed by atoms with Crippen molar-refractivity contribution in [1.29, 1.82) is 0 Å². The van der Waals surface area contributed by atoms with Crippen molar-refractivity contribution in [1.82, 2.24) is 15.0 Å². The predicted molar refractivity (Wildman–Crippen MR) is 63.3 cm³/mol. The van der Waals surface area contributed by atoms with E-state index >= 15 is 0 Å². The molecule has 0 spiro atoms. The first-order valence-corrected chi connectivity index (χ1v) is 5.45. The van der Waals surface area contributed by atoms with Gasteiger partial charge in [-0.05, 0) is 19.4 Å². The number of aromatic amines is 1. The molecule has 2 heterocycles. The molecule has 0 aromatic carbocycles. The Morgan fingerprint density at radius 3 is 3.00 bits per heavy atom. The third-order valence-corrected chi connectivity index (χ3v) is 2.70. The second kappa shape index (κ2) is 4.49. The molecule has 5 nitrogen and oxygen atoms in total. The quantitative estimate of drug-likeness (QED) is 0.730. The van der Waals surface area contributed by atoms with Gasteiger partial charge in [0.25, 0.3) is 0 Å². The molecular weight excluding hydrogens is 204 g/mol. The number of aliphatic hydroxyl groups is 1. The Kier molecular flexibility index (Phi) is 3.05. The Labute approximate surface area is 93.9 Å². The van der Waals surface area contributed by atoms with Gasteiger partial charge in [0.15, 0.2) is 0 Å². The number of aromatic nitrogens is 3. The number of hydrogen-bond acceptors (Lipinski definition) is 4. The second-order valence-electron chi connectivity index (χ2n) is 3.86. The summed E-state index contributed by atoms with van der Waals surface area (Å²) >= 11 is 0. The number of nitrogens with one attached hydrogen (secondary N) is 2. The molecule has 16 heavy (non-hydrogen) atoms.